The molecule has 18 heavy (non-hydrogen) atoms. The lowest BCUT2D eigenvalue weighted by Crippen LogP contribution is -2.38. The average molecular weight is 268 g/mol. The second-order valence-electron chi connectivity index (χ2n) is 4.38. The van der Waals surface area contributed by atoms with E-state index in [2.05, 4.69) is 5.32 Å². The molecule has 0 aromatic carbocycles. The maximum Gasteiger partial charge on any atom is 0.406 e. The Labute approximate surface area is 102 Å². The number of carbonyl (C=O) groups is 2. The van der Waals surface area contributed by atoms with Crippen molar-refractivity contribution >= 4 is 11.8 Å². The van der Waals surface area contributed by atoms with E-state index in [1.807, 2.05) is 0 Å². The van der Waals surface area contributed by atoms with Crippen LogP contribution in [0.2, 0.25) is 0 Å². The van der Waals surface area contributed by atoms with Gasteiger partial charge in [-0.05, 0) is 6.92 Å². The third-order valence-electron chi connectivity index (χ3n) is 2.53. The minimum Gasteiger partial charge on any atom is -0.392 e. The first kappa shape index (κ1) is 14.7. The summed E-state index contributed by atoms with van der Waals surface area (Å²) >= 11 is 0. The van der Waals surface area contributed by atoms with E-state index in [9.17, 15) is 22.8 Å². The molecule has 1 saturated heterocycles. The van der Waals surface area contributed by atoms with Gasteiger partial charge < -0.3 is 15.3 Å². The molecule has 1 fully saturated rings. The molecule has 1 aliphatic heterocycles. The van der Waals surface area contributed by atoms with E-state index in [4.69, 9.17) is 5.11 Å². The quantitative estimate of drug-likeness (QED) is 0.747. The van der Waals surface area contributed by atoms with Gasteiger partial charge in [-0.2, -0.15) is 13.2 Å². The summed E-state index contributed by atoms with van der Waals surface area (Å²) in [5, 5.41) is 11.3. The number of alkyl halides is 3. The molecule has 104 valence electrons. The lowest BCUT2D eigenvalue weighted by molar-refractivity contribution is -0.157. The van der Waals surface area contributed by atoms with Crippen molar-refractivity contribution in [3.05, 3.63) is 0 Å². The van der Waals surface area contributed by atoms with Crippen LogP contribution in [-0.4, -0.2) is 53.7 Å². The minimum atomic E-state index is -4.46. The van der Waals surface area contributed by atoms with E-state index in [1.54, 1.807) is 0 Å². The van der Waals surface area contributed by atoms with Crippen molar-refractivity contribution in [3.63, 3.8) is 0 Å². The summed E-state index contributed by atoms with van der Waals surface area (Å²) in [6, 6.07) is 0. The molecule has 2 amide bonds. The Morgan fingerprint density at radius 3 is 2.72 bits per heavy atom. The van der Waals surface area contributed by atoms with Gasteiger partial charge in [-0.15, -0.1) is 0 Å². The first-order valence-corrected chi connectivity index (χ1v) is 5.49. The number of nitrogens with zero attached hydrogens (tertiary/aromatic N) is 1. The smallest absolute Gasteiger partial charge is 0.392 e. The lowest BCUT2D eigenvalue weighted by atomic mass is 10.1. The monoisotopic (exact) mass is 268 g/mol. The van der Waals surface area contributed by atoms with Gasteiger partial charge in [-0.25, -0.2) is 0 Å². The number of aliphatic hydroxyl groups excluding tert-OH is 1. The highest BCUT2D eigenvalue weighted by Crippen LogP contribution is 2.23. The van der Waals surface area contributed by atoms with Gasteiger partial charge in [0.1, 0.15) is 6.54 Å². The first-order valence-electron chi connectivity index (χ1n) is 5.49. The molecule has 0 saturated carbocycles. The van der Waals surface area contributed by atoms with Crippen LogP contribution in [0.1, 0.15) is 13.3 Å². The largest absolute Gasteiger partial charge is 0.406 e. The molecule has 8 heteroatoms. The zero-order chi connectivity index (χ0) is 13.9. The fourth-order valence-corrected chi connectivity index (χ4v) is 1.71. The van der Waals surface area contributed by atoms with Crippen LogP contribution in [0.25, 0.3) is 0 Å². The van der Waals surface area contributed by atoms with Crippen LogP contribution in [0.4, 0.5) is 13.2 Å². The zero-order valence-corrected chi connectivity index (χ0v) is 9.83. The fraction of sp³-hybridized carbons (Fsp3) is 0.800. The molecular formula is C10H15F3N2O3. The number of hydrogen-bond acceptors (Lipinski definition) is 3. The van der Waals surface area contributed by atoms with E-state index in [0.29, 0.717) is 4.90 Å². The van der Waals surface area contributed by atoms with Gasteiger partial charge in [0.25, 0.3) is 0 Å². The number of rotatable bonds is 4. The third kappa shape index (κ3) is 4.52. The Balaban J connectivity index is 2.48. The van der Waals surface area contributed by atoms with Crippen molar-refractivity contribution in [2.75, 3.05) is 19.6 Å². The Kier molecular flexibility index (Phi) is 4.55. The zero-order valence-electron chi connectivity index (χ0n) is 9.83. The highest BCUT2D eigenvalue weighted by molar-refractivity contribution is 5.89. The molecule has 2 atom stereocenters. The lowest BCUT2D eigenvalue weighted by Gasteiger charge is -2.18. The molecule has 1 unspecified atom stereocenters. The van der Waals surface area contributed by atoms with Crippen molar-refractivity contribution in [2.24, 2.45) is 5.92 Å². The highest BCUT2D eigenvalue weighted by atomic mass is 19.4. The average Bonchev–Trinajstić information content (AvgIpc) is 2.54. The summed E-state index contributed by atoms with van der Waals surface area (Å²) in [6.45, 7) is -0.0746. The third-order valence-corrected chi connectivity index (χ3v) is 2.53. The molecule has 1 aliphatic rings. The molecule has 2 N–H and O–H groups in total. The summed E-state index contributed by atoms with van der Waals surface area (Å²) in [6.07, 6.45) is -5.42. The van der Waals surface area contributed by atoms with Crippen LogP contribution in [0, 0.1) is 5.92 Å². The van der Waals surface area contributed by atoms with Crippen molar-refractivity contribution < 1.29 is 27.9 Å². The number of amides is 2. The fourth-order valence-electron chi connectivity index (χ4n) is 1.71. The van der Waals surface area contributed by atoms with E-state index in [0.717, 1.165) is 0 Å². The molecule has 0 bridgehead atoms. The molecule has 5 nitrogen and oxygen atoms in total. The van der Waals surface area contributed by atoms with E-state index in [1.165, 1.54) is 6.92 Å². The van der Waals surface area contributed by atoms with Crippen molar-refractivity contribution in [1.29, 1.82) is 0 Å². The molecule has 0 radical (unpaired) electrons. The van der Waals surface area contributed by atoms with Gasteiger partial charge in [0.05, 0.1) is 12.0 Å². The second-order valence-corrected chi connectivity index (χ2v) is 4.38. The van der Waals surface area contributed by atoms with Gasteiger partial charge in [0, 0.05) is 19.5 Å². The number of halogens is 3. The van der Waals surface area contributed by atoms with Crippen LogP contribution in [0.5, 0.6) is 0 Å². The SMILES string of the molecule is C[C@@H](O)CNC(=O)C1CC(=O)N(CC(F)(F)F)C1. The second kappa shape index (κ2) is 5.55. The number of hydrogen-bond donors (Lipinski definition) is 2. The molecular weight excluding hydrogens is 253 g/mol. The Hall–Kier alpha value is -1.31. The summed E-state index contributed by atoms with van der Waals surface area (Å²) in [7, 11) is 0. The molecule has 0 aromatic rings. The predicted molar refractivity (Wildman–Crippen MR) is 55.4 cm³/mol. The molecule has 0 aliphatic carbocycles. The van der Waals surface area contributed by atoms with Gasteiger partial charge in [0.2, 0.25) is 11.8 Å². The van der Waals surface area contributed by atoms with Crippen molar-refractivity contribution in [2.45, 2.75) is 25.6 Å². The minimum absolute atomic E-state index is 0.0167. The summed E-state index contributed by atoms with van der Waals surface area (Å²) in [4.78, 5) is 23.5. The Morgan fingerprint density at radius 1 is 1.61 bits per heavy atom. The van der Waals surface area contributed by atoms with E-state index >= 15 is 0 Å². The van der Waals surface area contributed by atoms with Crippen LogP contribution >= 0.6 is 0 Å². The summed E-state index contributed by atoms with van der Waals surface area (Å²) in [5.74, 6) is -1.96. The number of likely N-dealkylation sites (tertiary alicyclic amines) is 1. The first-order chi connectivity index (χ1) is 8.19. The maximum atomic E-state index is 12.1. The van der Waals surface area contributed by atoms with Crippen molar-refractivity contribution in [1.82, 2.24) is 10.2 Å². The predicted octanol–water partition coefficient (Wildman–Crippen LogP) is -0.106. The molecule has 1 heterocycles. The molecule has 0 spiro atoms. The van der Waals surface area contributed by atoms with Gasteiger partial charge >= 0.3 is 6.18 Å². The number of nitrogens with one attached hydrogen (secondary N) is 1. The van der Waals surface area contributed by atoms with Gasteiger partial charge in [-0.1, -0.05) is 0 Å². The number of aliphatic hydroxyl groups is 1. The van der Waals surface area contributed by atoms with E-state index < -0.39 is 36.6 Å². The van der Waals surface area contributed by atoms with Crippen molar-refractivity contribution in [3.8, 4) is 0 Å². The van der Waals surface area contributed by atoms with Crippen LogP contribution in [0.3, 0.4) is 0 Å². The Bertz CT molecular complexity index is 331. The molecule has 1 rings (SSSR count). The van der Waals surface area contributed by atoms with E-state index in [-0.39, 0.29) is 19.5 Å². The number of carbonyl (C=O) groups excluding carboxylic acids is 2. The van der Waals surface area contributed by atoms with Crippen LogP contribution < -0.4 is 5.32 Å². The highest BCUT2D eigenvalue weighted by Gasteiger charge is 2.40. The van der Waals surface area contributed by atoms with Gasteiger partial charge in [0.15, 0.2) is 0 Å². The summed E-state index contributed by atoms with van der Waals surface area (Å²) < 4.78 is 36.4. The maximum absolute atomic E-state index is 12.1. The van der Waals surface area contributed by atoms with Crippen LogP contribution in [-0.2, 0) is 9.59 Å². The molecule has 0 aromatic heterocycles. The Morgan fingerprint density at radius 2 is 2.22 bits per heavy atom. The standard InChI is InChI=1S/C10H15F3N2O3/c1-6(16)3-14-9(18)7-2-8(17)15(4-7)5-10(11,12)13/h6-7,16H,2-5H2,1H3,(H,14,18)/t6-,7?/m1/s1. The summed E-state index contributed by atoms with van der Waals surface area (Å²) in [5.41, 5.74) is 0. The van der Waals surface area contributed by atoms with Crippen LogP contribution in [0.15, 0.2) is 0 Å². The van der Waals surface area contributed by atoms with Gasteiger partial charge in [-0.3, -0.25) is 9.59 Å². The normalized spacial score (nSPS) is 22.2. The topological polar surface area (TPSA) is 69.6 Å².